The minimum absolute atomic E-state index is 0.0283. The fourth-order valence-electron chi connectivity index (χ4n) is 4.62. The predicted octanol–water partition coefficient (Wildman–Crippen LogP) is 2.45. The van der Waals surface area contributed by atoms with Crippen LogP contribution in [-0.4, -0.2) is 30.6 Å². The van der Waals surface area contributed by atoms with E-state index in [0.717, 1.165) is 37.1 Å². The zero-order chi connectivity index (χ0) is 13.4. The van der Waals surface area contributed by atoms with Crippen molar-refractivity contribution >= 4 is 11.5 Å². The molecule has 5 unspecified atom stereocenters. The first-order valence-corrected chi connectivity index (χ1v) is 7.98. The molecule has 1 saturated carbocycles. The summed E-state index contributed by atoms with van der Waals surface area (Å²) in [7, 11) is 0. The van der Waals surface area contributed by atoms with Gasteiger partial charge in [0.05, 0.1) is 0 Å². The lowest BCUT2D eigenvalue weighted by Gasteiger charge is -2.43. The number of ketones is 1. The van der Waals surface area contributed by atoms with Gasteiger partial charge in [0.1, 0.15) is 6.04 Å². The molecule has 0 radical (unpaired) electrons. The molecule has 0 spiro atoms. The lowest BCUT2D eigenvalue weighted by molar-refractivity contribution is -0.118. The van der Waals surface area contributed by atoms with Gasteiger partial charge in [0.15, 0.2) is 5.78 Å². The van der Waals surface area contributed by atoms with E-state index < -0.39 is 0 Å². The van der Waals surface area contributed by atoms with Gasteiger partial charge in [0, 0.05) is 11.6 Å². The molecule has 5 atom stereocenters. The maximum atomic E-state index is 11.6. The number of hydrogen-bond acceptors (Lipinski definition) is 3. The largest absolute Gasteiger partial charge is 0.316 e. The van der Waals surface area contributed by atoms with E-state index in [1.165, 1.54) is 31.5 Å². The van der Waals surface area contributed by atoms with Gasteiger partial charge in [-0.1, -0.05) is 13.3 Å². The molecule has 1 N–H and O–H groups in total. The summed E-state index contributed by atoms with van der Waals surface area (Å²) in [5.41, 5.74) is 1.38. The summed E-state index contributed by atoms with van der Waals surface area (Å²) in [6, 6.07) is -0.0283. The highest BCUT2D eigenvalue weighted by Crippen LogP contribution is 2.45. The Morgan fingerprint density at radius 1 is 1.37 bits per heavy atom. The predicted molar refractivity (Wildman–Crippen MR) is 77.5 cm³/mol. The maximum absolute atomic E-state index is 11.6. The average molecular weight is 262 g/mol. The Bertz CT molecular complexity index is 390. The Balaban J connectivity index is 1.85. The Kier molecular flexibility index (Phi) is 3.75. The summed E-state index contributed by atoms with van der Waals surface area (Å²) < 4.78 is 0. The molecule has 3 heteroatoms. The van der Waals surface area contributed by atoms with Gasteiger partial charge in [-0.2, -0.15) is 0 Å². The highest BCUT2D eigenvalue weighted by atomic mass is 16.1. The topological polar surface area (TPSA) is 41.5 Å². The van der Waals surface area contributed by atoms with E-state index in [1.807, 2.05) is 0 Å². The van der Waals surface area contributed by atoms with Crippen molar-refractivity contribution in [1.82, 2.24) is 5.32 Å². The van der Waals surface area contributed by atoms with Crippen LogP contribution < -0.4 is 5.32 Å². The Morgan fingerprint density at radius 3 is 2.95 bits per heavy atom. The van der Waals surface area contributed by atoms with Crippen molar-refractivity contribution in [3.8, 4) is 0 Å². The van der Waals surface area contributed by atoms with Crippen molar-refractivity contribution in [3.05, 3.63) is 0 Å². The lowest BCUT2D eigenvalue weighted by atomic mass is 9.63. The normalized spacial score (nSPS) is 41.4. The van der Waals surface area contributed by atoms with Crippen LogP contribution in [0.2, 0.25) is 0 Å². The smallest absolute Gasteiger partial charge is 0.154 e. The average Bonchev–Trinajstić information content (AvgIpc) is 2.85. The SMILES string of the molecule is CCCC1C2CCC(C(C)=O)N=C2CC2CNCC21. The molecule has 2 aliphatic heterocycles. The minimum atomic E-state index is -0.0283. The fraction of sp³-hybridized carbons (Fsp3) is 0.875. The van der Waals surface area contributed by atoms with Gasteiger partial charge in [-0.3, -0.25) is 9.79 Å². The van der Waals surface area contributed by atoms with Crippen molar-refractivity contribution in [3.63, 3.8) is 0 Å². The molecule has 0 aromatic carbocycles. The number of aliphatic imine (C=N–C) groups is 1. The van der Waals surface area contributed by atoms with Crippen LogP contribution in [0, 0.1) is 23.7 Å². The van der Waals surface area contributed by atoms with Crippen molar-refractivity contribution in [2.45, 2.75) is 52.0 Å². The molecule has 106 valence electrons. The number of carbonyl (C=O) groups excluding carboxylic acids is 1. The van der Waals surface area contributed by atoms with Gasteiger partial charge in [-0.05, 0) is 63.5 Å². The Morgan fingerprint density at radius 2 is 2.21 bits per heavy atom. The summed E-state index contributed by atoms with van der Waals surface area (Å²) >= 11 is 0. The number of rotatable bonds is 3. The second kappa shape index (κ2) is 5.35. The molecule has 3 rings (SSSR count). The third kappa shape index (κ3) is 2.37. The van der Waals surface area contributed by atoms with E-state index in [-0.39, 0.29) is 11.8 Å². The quantitative estimate of drug-likeness (QED) is 0.849. The summed E-state index contributed by atoms with van der Waals surface area (Å²) in [6.07, 6.45) is 5.92. The number of carbonyl (C=O) groups is 1. The van der Waals surface area contributed by atoms with Crippen molar-refractivity contribution in [2.24, 2.45) is 28.7 Å². The molecule has 0 aromatic rings. The Labute approximate surface area is 116 Å². The summed E-state index contributed by atoms with van der Waals surface area (Å²) in [5, 5.41) is 3.57. The van der Waals surface area contributed by atoms with Gasteiger partial charge < -0.3 is 5.32 Å². The molecule has 1 saturated heterocycles. The van der Waals surface area contributed by atoms with Crippen molar-refractivity contribution < 1.29 is 4.79 Å². The molecular formula is C16H26N2O. The highest BCUT2D eigenvalue weighted by Gasteiger charge is 2.45. The maximum Gasteiger partial charge on any atom is 0.154 e. The molecular weight excluding hydrogens is 236 g/mol. The fourth-order valence-corrected chi connectivity index (χ4v) is 4.62. The van der Waals surface area contributed by atoms with Crippen LogP contribution in [0.25, 0.3) is 0 Å². The van der Waals surface area contributed by atoms with E-state index in [2.05, 4.69) is 12.2 Å². The van der Waals surface area contributed by atoms with Crippen LogP contribution in [0.1, 0.15) is 46.0 Å². The number of nitrogens with one attached hydrogen (secondary N) is 1. The number of fused-ring (bicyclic) bond motifs is 2. The number of Topliss-reactive ketones (excluding diaryl/α,β-unsaturated/α-hetero) is 1. The molecule has 1 aliphatic carbocycles. The van der Waals surface area contributed by atoms with E-state index in [9.17, 15) is 4.79 Å². The van der Waals surface area contributed by atoms with Gasteiger partial charge in [0.25, 0.3) is 0 Å². The van der Waals surface area contributed by atoms with Gasteiger partial charge in [-0.15, -0.1) is 0 Å². The number of hydrogen-bond donors (Lipinski definition) is 1. The molecule has 19 heavy (non-hydrogen) atoms. The van der Waals surface area contributed by atoms with Crippen molar-refractivity contribution in [2.75, 3.05) is 13.1 Å². The summed E-state index contributed by atoms with van der Waals surface area (Å²) in [4.78, 5) is 16.4. The van der Waals surface area contributed by atoms with Gasteiger partial charge in [0.2, 0.25) is 0 Å². The van der Waals surface area contributed by atoms with E-state index >= 15 is 0 Å². The molecule has 2 heterocycles. The second-order valence-corrected chi connectivity index (χ2v) is 6.67. The van der Waals surface area contributed by atoms with Crippen LogP contribution in [0.4, 0.5) is 0 Å². The van der Waals surface area contributed by atoms with Crippen LogP contribution in [0.15, 0.2) is 4.99 Å². The van der Waals surface area contributed by atoms with Crippen LogP contribution in [0.3, 0.4) is 0 Å². The molecule has 3 aliphatic rings. The van der Waals surface area contributed by atoms with E-state index in [0.29, 0.717) is 5.92 Å². The first-order chi connectivity index (χ1) is 9.20. The first kappa shape index (κ1) is 13.3. The summed E-state index contributed by atoms with van der Waals surface area (Å²) in [6.45, 7) is 6.35. The van der Waals surface area contributed by atoms with Crippen LogP contribution in [-0.2, 0) is 4.79 Å². The molecule has 0 bridgehead atoms. The highest BCUT2D eigenvalue weighted by molar-refractivity contribution is 5.93. The van der Waals surface area contributed by atoms with E-state index in [4.69, 9.17) is 4.99 Å². The molecule has 0 amide bonds. The third-order valence-electron chi connectivity index (χ3n) is 5.52. The molecule has 2 fully saturated rings. The Hall–Kier alpha value is -0.700. The molecule has 0 aromatic heterocycles. The van der Waals surface area contributed by atoms with Gasteiger partial charge >= 0.3 is 0 Å². The van der Waals surface area contributed by atoms with Gasteiger partial charge in [-0.25, -0.2) is 0 Å². The summed E-state index contributed by atoms with van der Waals surface area (Å²) in [5.74, 6) is 3.38. The van der Waals surface area contributed by atoms with Crippen LogP contribution in [0.5, 0.6) is 0 Å². The second-order valence-electron chi connectivity index (χ2n) is 6.67. The zero-order valence-corrected chi connectivity index (χ0v) is 12.2. The minimum Gasteiger partial charge on any atom is -0.316 e. The third-order valence-corrected chi connectivity index (χ3v) is 5.52. The van der Waals surface area contributed by atoms with Crippen LogP contribution >= 0.6 is 0 Å². The van der Waals surface area contributed by atoms with E-state index in [1.54, 1.807) is 6.92 Å². The monoisotopic (exact) mass is 262 g/mol. The standard InChI is InChI=1S/C16H26N2O/c1-3-4-12-13-5-6-15(10(2)19)18-16(13)7-11-8-17-9-14(11)12/h11-15,17H,3-9H2,1-2H3. The van der Waals surface area contributed by atoms with Crippen molar-refractivity contribution in [1.29, 1.82) is 0 Å². The first-order valence-electron chi connectivity index (χ1n) is 7.98. The lowest BCUT2D eigenvalue weighted by Crippen LogP contribution is -2.43. The number of nitrogens with zero attached hydrogens (tertiary/aromatic N) is 1. The zero-order valence-electron chi connectivity index (χ0n) is 12.2. The molecule has 3 nitrogen and oxygen atoms in total.